The lowest BCUT2D eigenvalue weighted by molar-refractivity contribution is 0.167. The van der Waals surface area contributed by atoms with Crippen LogP contribution in [0.3, 0.4) is 0 Å². The van der Waals surface area contributed by atoms with Gasteiger partial charge in [-0.25, -0.2) is 0 Å². The SMILES string of the molecule is Cc1cc(CN2C[C@@H](CO)[C@H](N(C)C)C2)n(C)n1. The molecule has 1 aromatic heterocycles. The highest BCUT2D eigenvalue weighted by Crippen LogP contribution is 2.22. The van der Waals surface area contributed by atoms with E-state index in [2.05, 4.69) is 35.1 Å². The van der Waals surface area contributed by atoms with E-state index in [0.717, 1.165) is 25.3 Å². The van der Waals surface area contributed by atoms with E-state index in [1.54, 1.807) is 0 Å². The van der Waals surface area contributed by atoms with Gasteiger partial charge in [-0.05, 0) is 27.1 Å². The molecule has 0 aromatic carbocycles. The fourth-order valence-corrected chi connectivity index (χ4v) is 2.88. The second-order valence-electron chi connectivity index (χ2n) is 5.57. The minimum absolute atomic E-state index is 0.268. The third-order valence-corrected chi connectivity index (χ3v) is 3.86. The number of aryl methyl sites for hydroxylation is 2. The second kappa shape index (κ2) is 5.38. The summed E-state index contributed by atoms with van der Waals surface area (Å²) in [6.45, 7) is 5.18. The number of rotatable bonds is 4. The van der Waals surface area contributed by atoms with Crippen molar-refractivity contribution in [3.63, 3.8) is 0 Å². The fraction of sp³-hybridized carbons (Fsp3) is 0.769. The lowest BCUT2D eigenvalue weighted by atomic mass is 10.0. The van der Waals surface area contributed by atoms with Gasteiger partial charge in [0.15, 0.2) is 0 Å². The number of likely N-dealkylation sites (N-methyl/N-ethyl adjacent to an activating group) is 1. The number of nitrogens with zero attached hydrogens (tertiary/aromatic N) is 4. The van der Waals surface area contributed by atoms with Crippen LogP contribution in [0.5, 0.6) is 0 Å². The van der Waals surface area contributed by atoms with Gasteiger partial charge in [-0.2, -0.15) is 5.10 Å². The maximum atomic E-state index is 9.46. The molecule has 0 spiro atoms. The molecule has 1 aliphatic heterocycles. The van der Waals surface area contributed by atoms with Crippen molar-refractivity contribution in [2.75, 3.05) is 33.8 Å². The molecule has 5 heteroatoms. The zero-order valence-corrected chi connectivity index (χ0v) is 11.8. The largest absolute Gasteiger partial charge is 0.396 e. The van der Waals surface area contributed by atoms with Crippen molar-refractivity contribution in [1.29, 1.82) is 0 Å². The number of likely N-dealkylation sites (tertiary alicyclic amines) is 1. The van der Waals surface area contributed by atoms with Gasteiger partial charge in [0.2, 0.25) is 0 Å². The molecule has 0 amide bonds. The Hall–Kier alpha value is -0.910. The quantitative estimate of drug-likeness (QED) is 0.824. The third-order valence-electron chi connectivity index (χ3n) is 3.86. The lowest BCUT2D eigenvalue weighted by Crippen LogP contribution is -2.36. The van der Waals surface area contributed by atoms with E-state index in [-0.39, 0.29) is 6.61 Å². The first-order valence-corrected chi connectivity index (χ1v) is 6.50. The number of aliphatic hydroxyl groups excluding tert-OH is 1. The molecule has 1 aliphatic rings. The molecule has 0 unspecified atom stereocenters. The van der Waals surface area contributed by atoms with E-state index in [1.165, 1.54) is 5.69 Å². The van der Waals surface area contributed by atoms with Crippen LogP contribution >= 0.6 is 0 Å². The zero-order valence-electron chi connectivity index (χ0n) is 11.8. The maximum absolute atomic E-state index is 9.46. The highest BCUT2D eigenvalue weighted by Gasteiger charge is 2.33. The first-order chi connectivity index (χ1) is 8.51. The Labute approximate surface area is 109 Å². The summed E-state index contributed by atoms with van der Waals surface area (Å²) in [4.78, 5) is 4.62. The molecule has 2 atom stereocenters. The maximum Gasteiger partial charge on any atom is 0.0597 e. The topological polar surface area (TPSA) is 44.5 Å². The number of hydrogen-bond acceptors (Lipinski definition) is 4. The summed E-state index contributed by atoms with van der Waals surface area (Å²) in [6.07, 6.45) is 0. The molecular weight excluding hydrogens is 228 g/mol. The highest BCUT2D eigenvalue weighted by atomic mass is 16.3. The van der Waals surface area contributed by atoms with Crippen molar-refractivity contribution in [2.45, 2.75) is 19.5 Å². The average Bonchev–Trinajstić information content (AvgIpc) is 2.83. The summed E-state index contributed by atoms with van der Waals surface area (Å²) in [5.74, 6) is 0.356. The summed E-state index contributed by atoms with van der Waals surface area (Å²) in [7, 11) is 6.17. The molecule has 1 aromatic rings. The van der Waals surface area contributed by atoms with E-state index in [4.69, 9.17) is 0 Å². The summed E-state index contributed by atoms with van der Waals surface area (Å²) < 4.78 is 1.95. The Morgan fingerprint density at radius 1 is 1.44 bits per heavy atom. The van der Waals surface area contributed by atoms with Gasteiger partial charge in [0.05, 0.1) is 11.4 Å². The molecular formula is C13H24N4O. The van der Waals surface area contributed by atoms with Gasteiger partial charge in [0.25, 0.3) is 0 Å². The van der Waals surface area contributed by atoms with Crippen molar-refractivity contribution in [2.24, 2.45) is 13.0 Å². The predicted molar refractivity (Wildman–Crippen MR) is 71.3 cm³/mol. The van der Waals surface area contributed by atoms with Gasteiger partial charge in [0, 0.05) is 45.2 Å². The van der Waals surface area contributed by atoms with Gasteiger partial charge in [-0.15, -0.1) is 0 Å². The Bertz CT molecular complexity index is 402. The van der Waals surface area contributed by atoms with Crippen LogP contribution in [0.25, 0.3) is 0 Å². The van der Waals surface area contributed by atoms with E-state index >= 15 is 0 Å². The molecule has 1 saturated heterocycles. The van der Waals surface area contributed by atoms with Gasteiger partial charge in [-0.1, -0.05) is 0 Å². The normalized spacial score (nSPS) is 25.2. The number of aliphatic hydroxyl groups is 1. The molecule has 102 valence electrons. The molecule has 5 nitrogen and oxygen atoms in total. The van der Waals surface area contributed by atoms with Crippen molar-refractivity contribution in [3.05, 3.63) is 17.5 Å². The van der Waals surface area contributed by atoms with E-state index in [1.807, 2.05) is 18.7 Å². The minimum atomic E-state index is 0.268. The van der Waals surface area contributed by atoms with Crippen molar-refractivity contribution in [1.82, 2.24) is 19.6 Å². The van der Waals surface area contributed by atoms with Crippen molar-refractivity contribution in [3.8, 4) is 0 Å². The molecule has 0 radical (unpaired) electrons. The minimum Gasteiger partial charge on any atom is -0.396 e. The van der Waals surface area contributed by atoms with E-state index in [0.29, 0.717) is 12.0 Å². The second-order valence-corrected chi connectivity index (χ2v) is 5.57. The molecule has 1 fully saturated rings. The Morgan fingerprint density at radius 3 is 2.61 bits per heavy atom. The van der Waals surface area contributed by atoms with Crippen molar-refractivity contribution < 1.29 is 5.11 Å². The molecule has 2 heterocycles. The molecule has 0 saturated carbocycles. The van der Waals surface area contributed by atoms with Gasteiger partial charge in [0.1, 0.15) is 0 Å². The van der Waals surface area contributed by atoms with Crippen LogP contribution < -0.4 is 0 Å². The smallest absolute Gasteiger partial charge is 0.0597 e. The fourth-order valence-electron chi connectivity index (χ4n) is 2.88. The Morgan fingerprint density at radius 2 is 2.17 bits per heavy atom. The molecule has 18 heavy (non-hydrogen) atoms. The highest BCUT2D eigenvalue weighted by molar-refractivity contribution is 5.09. The third kappa shape index (κ3) is 2.74. The van der Waals surface area contributed by atoms with Crippen LogP contribution in [0.15, 0.2) is 6.07 Å². The summed E-state index contributed by atoms with van der Waals surface area (Å²) in [5, 5.41) is 13.8. The van der Waals surface area contributed by atoms with Gasteiger partial charge >= 0.3 is 0 Å². The Balaban J connectivity index is 2.02. The average molecular weight is 252 g/mol. The first-order valence-electron chi connectivity index (χ1n) is 6.50. The summed E-state index contributed by atoms with van der Waals surface area (Å²) in [6, 6.07) is 2.58. The standard InChI is InChI=1S/C13H24N4O/c1-10-5-12(16(4)14-10)7-17-6-11(9-18)13(8-17)15(2)3/h5,11,13,18H,6-9H2,1-4H3/t11-,13+/m0/s1. The van der Waals surface area contributed by atoms with Crippen LogP contribution in [-0.4, -0.2) is 64.5 Å². The molecule has 0 aliphatic carbocycles. The zero-order chi connectivity index (χ0) is 13.3. The van der Waals surface area contributed by atoms with E-state index < -0.39 is 0 Å². The van der Waals surface area contributed by atoms with Crippen LogP contribution in [-0.2, 0) is 13.6 Å². The van der Waals surface area contributed by atoms with Crippen LogP contribution in [0, 0.1) is 12.8 Å². The number of hydrogen-bond donors (Lipinski definition) is 1. The van der Waals surface area contributed by atoms with Crippen LogP contribution in [0.4, 0.5) is 0 Å². The van der Waals surface area contributed by atoms with Crippen LogP contribution in [0.1, 0.15) is 11.4 Å². The predicted octanol–water partition coefficient (Wildman–Crippen LogP) is 0.0828. The van der Waals surface area contributed by atoms with Crippen molar-refractivity contribution >= 4 is 0 Å². The van der Waals surface area contributed by atoms with Gasteiger partial charge < -0.3 is 10.0 Å². The monoisotopic (exact) mass is 252 g/mol. The molecule has 0 bridgehead atoms. The molecule has 2 rings (SSSR count). The summed E-state index contributed by atoms with van der Waals surface area (Å²) in [5.41, 5.74) is 2.30. The van der Waals surface area contributed by atoms with E-state index in [9.17, 15) is 5.11 Å². The molecule has 1 N–H and O–H groups in total. The first kappa shape index (κ1) is 13.5. The lowest BCUT2D eigenvalue weighted by Gasteiger charge is -2.23. The van der Waals surface area contributed by atoms with Gasteiger partial charge in [-0.3, -0.25) is 9.58 Å². The van der Waals surface area contributed by atoms with Crippen LogP contribution in [0.2, 0.25) is 0 Å². The summed E-state index contributed by atoms with van der Waals surface area (Å²) >= 11 is 0. The Kier molecular flexibility index (Phi) is 4.04. The number of aromatic nitrogens is 2.